The minimum absolute atomic E-state index is 0.145. The molecule has 28 heavy (non-hydrogen) atoms. The molecule has 0 saturated heterocycles. The Bertz CT molecular complexity index is 1150. The molecule has 1 atom stereocenters. The van der Waals surface area contributed by atoms with Gasteiger partial charge in [-0.2, -0.15) is 0 Å². The quantitative estimate of drug-likeness (QED) is 0.675. The largest absolute Gasteiger partial charge is 0.369 e. The molecule has 0 aliphatic carbocycles. The molecule has 2 N–H and O–H groups in total. The van der Waals surface area contributed by atoms with E-state index in [2.05, 4.69) is 10.3 Å². The second-order valence-corrected chi connectivity index (χ2v) is 6.59. The number of anilines is 2. The van der Waals surface area contributed by atoms with Crippen LogP contribution in [0.4, 0.5) is 11.4 Å². The maximum Gasteiger partial charge on any atom is 0.213 e. The van der Waals surface area contributed by atoms with Gasteiger partial charge in [-0.25, -0.2) is 0 Å². The smallest absolute Gasteiger partial charge is 0.213 e. The Morgan fingerprint density at radius 2 is 1.54 bits per heavy atom. The molecule has 0 saturated carbocycles. The van der Waals surface area contributed by atoms with Crippen LogP contribution in [0.5, 0.6) is 0 Å². The molecule has 2 aromatic carbocycles. The molecule has 5 rings (SSSR count). The Hall–Kier alpha value is -3.77. The maximum absolute atomic E-state index is 13.2. The van der Waals surface area contributed by atoms with Crippen LogP contribution in [0.2, 0.25) is 0 Å². The number of aliphatic hydroxyl groups excluding tert-OH is 1. The molecule has 1 unspecified atom stereocenters. The van der Waals surface area contributed by atoms with Gasteiger partial charge in [0, 0.05) is 34.8 Å². The van der Waals surface area contributed by atoms with E-state index in [9.17, 15) is 14.7 Å². The minimum Gasteiger partial charge on any atom is -0.369 e. The van der Waals surface area contributed by atoms with E-state index in [0.717, 1.165) is 0 Å². The number of benzene rings is 2. The highest BCUT2D eigenvalue weighted by molar-refractivity contribution is 6.27. The number of hydrogen-bond acceptors (Lipinski definition) is 6. The number of pyridine rings is 1. The molecular weight excluding hydrogens is 354 g/mol. The van der Waals surface area contributed by atoms with Crippen LogP contribution in [-0.4, -0.2) is 21.7 Å². The number of ketones is 2. The van der Waals surface area contributed by atoms with Crippen molar-refractivity contribution in [2.45, 2.75) is 6.23 Å². The molecule has 6 heteroatoms. The summed E-state index contributed by atoms with van der Waals surface area (Å²) in [7, 11) is 0. The van der Waals surface area contributed by atoms with Gasteiger partial charge in [0.25, 0.3) is 0 Å². The normalized spacial score (nSPS) is 18.7. The number of carbonyl (C=O) groups excluding carboxylic acids is 2. The molecule has 3 aromatic rings. The van der Waals surface area contributed by atoms with Gasteiger partial charge in [-0.05, 0) is 36.4 Å². The summed E-state index contributed by atoms with van der Waals surface area (Å²) in [5, 5.41) is 14.2. The van der Waals surface area contributed by atoms with Crippen molar-refractivity contribution in [1.82, 2.24) is 4.98 Å². The van der Waals surface area contributed by atoms with Gasteiger partial charge in [0.1, 0.15) is 11.4 Å². The Balaban J connectivity index is 1.71. The highest BCUT2D eigenvalue weighted by Gasteiger charge is 2.42. The van der Waals surface area contributed by atoms with Crippen molar-refractivity contribution in [1.29, 1.82) is 0 Å². The number of Topliss-reactive ketones (excluding diaryl/α,β-unsaturated/α-hetero) is 2. The third kappa shape index (κ3) is 2.28. The van der Waals surface area contributed by atoms with Gasteiger partial charge in [0.2, 0.25) is 11.6 Å². The van der Waals surface area contributed by atoms with Crippen molar-refractivity contribution in [2.75, 3.05) is 10.2 Å². The summed E-state index contributed by atoms with van der Waals surface area (Å²) < 4.78 is 0. The fourth-order valence-corrected chi connectivity index (χ4v) is 3.69. The van der Waals surface area contributed by atoms with Gasteiger partial charge in [-0.1, -0.05) is 24.3 Å². The lowest BCUT2D eigenvalue weighted by Gasteiger charge is -2.27. The average Bonchev–Trinajstić information content (AvgIpc) is 3.23. The zero-order valence-corrected chi connectivity index (χ0v) is 14.7. The van der Waals surface area contributed by atoms with Crippen LogP contribution >= 0.6 is 0 Å². The molecule has 6 nitrogen and oxygen atoms in total. The Kier molecular flexibility index (Phi) is 3.60. The van der Waals surface area contributed by atoms with Crippen molar-refractivity contribution < 1.29 is 14.7 Å². The fourth-order valence-electron chi connectivity index (χ4n) is 3.69. The van der Waals surface area contributed by atoms with E-state index in [1.807, 2.05) is 6.07 Å². The van der Waals surface area contributed by atoms with Crippen molar-refractivity contribution >= 4 is 22.9 Å². The predicted molar refractivity (Wildman–Crippen MR) is 104 cm³/mol. The molecule has 0 fully saturated rings. The first-order chi connectivity index (χ1) is 13.7. The van der Waals surface area contributed by atoms with Crippen LogP contribution in [0.15, 0.2) is 84.5 Å². The SMILES string of the molecule is O=C1/C(=C2/C(=O)c3ccccc3N2C(O)c2ccncc2)Nc2ccccc21. The van der Waals surface area contributed by atoms with E-state index in [0.29, 0.717) is 28.1 Å². The monoisotopic (exact) mass is 369 g/mol. The topological polar surface area (TPSA) is 82.5 Å². The highest BCUT2D eigenvalue weighted by Crippen LogP contribution is 2.43. The summed E-state index contributed by atoms with van der Waals surface area (Å²) in [6, 6.07) is 17.5. The van der Waals surface area contributed by atoms with Gasteiger partial charge >= 0.3 is 0 Å². The molecule has 136 valence electrons. The summed E-state index contributed by atoms with van der Waals surface area (Å²) >= 11 is 0. The summed E-state index contributed by atoms with van der Waals surface area (Å²) in [4.78, 5) is 31.7. The molecule has 1 aromatic heterocycles. The summed E-state index contributed by atoms with van der Waals surface area (Å²) in [6.07, 6.45) is 2.00. The Morgan fingerprint density at radius 1 is 0.857 bits per heavy atom. The van der Waals surface area contributed by atoms with Gasteiger partial charge in [0.15, 0.2) is 6.23 Å². The molecule has 2 aliphatic rings. The number of para-hydroxylation sites is 2. The fraction of sp³-hybridized carbons (Fsp3) is 0.0455. The van der Waals surface area contributed by atoms with E-state index in [1.54, 1.807) is 67.0 Å². The minimum atomic E-state index is -1.14. The standard InChI is InChI=1S/C22H15N3O3/c26-20-14-5-1-3-7-16(14)24-18(20)19-21(27)15-6-2-4-8-17(15)25(19)22(28)13-9-11-23-12-10-13/h1-12,22,24,28H/b19-18+. The van der Waals surface area contributed by atoms with E-state index < -0.39 is 6.23 Å². The van der Waals surface area contributed by atoms with Crippen LogP contribution in [0.25, 0.3) is 0 Å². The van der Waals surface area contributed by atoms with Gasteiger partial charge in [0.05, 0.1) is 5.69 Å². The summed E-state index contributed by atoms with van der Waals surface area (Å²) in [5.74, 6) is -0.564. The molecular formula is C22H15N3O3. The van der Waals surface area contributed by atoms with E-state index >= 15 is 0 Å². The number of hydrogen-bond donors (Lipinski definition) is 2. The lowest BCUT2D eigenvalue weighted by atomic mass is 10.1. The maximum atomic E-state index is 13.2. The first kappa shape index (κ1) is 16.4. The van der Waals surface area contributed by atoms with Crippen LogP contribution in [0.1, 0.15) is 32.5 Å². The van der Waals surface area contributed by atoms with E-state index in [4.69, 9.17) is 0 Å². The summed E-state index contributed by atoms with van der Waals surface area (Å²) in [5.41, 5.74) is 3.06. The molecule has 0 bridgehead atoms. The molecule has 3 heterocycles. The van der Waals surface area contributed by atoms with Gasteiger partial charge in [-0.3, -0.25) is 14.6 Å². The zero-order valence-electron chi connectivity index (χ0n) is 14.7. The number of aliphatic hydroxyl groups is 1. The number of carbonyl (C=O) groups is 2. The first-order valence-corrected chi connectivity index (χ1v) is 8.83. The number of aromatic nitrogens is 1. The highest BCUT2D eigenvalue weighted by atomic mass is 16.3. The molecule has 0 radical (unpaired) electrons. The van der Waals surface area contributed by atoms with Crippen molar-refractivity contribution in [3.8, 4) is 0 Å². The van der Waals surface area contributed by atoms with E-state index in [-0.39, 0.29) is 23.0 Å². The van der Waals surface area contributed by atoms with Crippen molar-refractivity contribution in [3.05, 3.63) is 101 Å². The molecule has 0 spiro atoms. The first-order valence-electron chi connectivity index (χ1n) is 8.83. The molecule has 0 amide bonds. The lowest BCUT2D eigenvalue weighted by Crippen LogP contribution is -2.29. The average molecular weight is 369 g/mol. The predicted octanol–water partition coefficient (Wildman–Crippen LogP) is 3.30. The van der Waals surface area contributed by atoms with Gasteiger partial charge < -0.3 is 15.3 Å². The third-order valence-electron chi connectivity index (χ3n) is 5.01. The van der Waals surface area contributed by atoms with Crippen LogP contribution in [0.3, 0.4) is 0 Å². The van der Waals surface area contributed by atoms with Crippen LogP contribution < -0.4 is 10.2 Å². The van der Waals surface area contributed by atoms with Crippen LogP contribution in [-0.2, 0) is 0 Å². The number of nitrogens with one attached hydrogen (secondary N) is 1. The van der Waals surface area contributed by atoms with Crippen LogP contribution in [0, 0.1) is 0 Å². The number of rotatable bonds is 2. The molecule has 2 aliphatic heterocycles. The second kappa shape index (κ2) is 6.14. The van der Waals surface area contributed by atoms with Gasteiger partial charge in [-0.15, -0.1) is 0 Å². The number of nitrogens with zero attached hydrogens (tertiary/aromatic N) is 2. The third-order valence-corrected chi connectivity index (χ3v) is 5.01. The second-order valence-electron chi connectivity index (χ2n) is 6.59. The van der Waals surface area contributed by atoms with Crippen molar-refractivity contribution in [3.63, 3.8) is 0 Å². The number of fused-ring (bicyclic) bond motifs is 2. The lowest BCUT2D eigenvalue weighted by molar-refractivity contribution is 0.0997. The Labute approximate surface area is 160 Å². The van der Waals surface area contributed by atoms with Crippen molar-refractivity contribution in [2.24, 2.45) is 0 Å². The summed E-state index contributed by atoms with van der Waals surface area (Å²) in [6.45, 7) is 0. The van der Waals surface area contributed by atoms with E-state index in [1.165, 1.54) is 4.90 Å². The zero-order chi connectivity index (χ0) is 19.3. The number of allylic oxidation sites excluding steroid dienone is 2. The Morgan fingerprint density at radius 3 is 2.29 bits per heavy atom.